The molecule has 9 aromatic carbocycles. The summed E-state index contributed by atoms with van der Waals surface area (Å²) in [5.41, 5.74) is 15.0. The Morgan fingerprint density at radius 1 is 0.433 bits per heavy atom. The molecule has 0 bridgehead atoms. The maximum atomic E-state index is 6.31. The molecule has 1 aliphatic carbocycles. The Morgan fingerprint density at radius 3 is 1.82 bits per heavy atom. The van der Waals surface area contributed by atoms with Gasteiger partial charge in [0.25, 0.3) is 0 Å². The summed E-state index contributed by atoms with van der Waals surface area (Å²) in [6.45, 7) is 0. The van der Waals surface area contributed by atoms with E-state index in [-0.39, 0.29) is 0 Å². The lowest BCUT2D eigenvalue weighted by Crippen LogP contribution is -2.28. The van der Waals surface area contributed by atoms with Crippen molar-refractivity contribution < 1.29 is 4.42 Å². The zero-order valence-electron chi connectivity index (χ0n) is 32.5. The van der Waals surface area contributed by atoms with Crippen LogP contribution in [0.3, 0.4) is 0 Å². The van der Waals surface area contributed by atoms with E-state index in [2.05, 4.69) is 193 Å². The van der Waals surface area contributed by atoms with Crippen LogP contribution in [0, 0.1) is 0 Å². The lowest BCUT2D eigenvalue weighted by Gasteiger charge is -2.35. The zero-order chi connectivity index (χ0) is 39.6. The fourth-order valence-corrected chi connectivity index (χ4v) is 10.8. The van der Waals surface area contributed by atoms with Gasteiger partial charge in [0.05, 0.1) is 5.41 Å². The van der Waals surface area contributed by atoms with Crippen molar-refractivity contribution in [3.63, 3.8) is 0 Å². The summed E-state index contributed by atoms with van der Waals surface area (Å²) >= 11 is 1.86. The number of oxazole rings is 1. The largest absolute Gasteiger partial charge is 0.436 e. The molecule has 12 rings (SSSR count). The van der Waals surface area contributed by atoms with Gasteiger partial charge in [-0.05, 0) is 105 Å². The number of rotatable bonds is 7. The average molecular weight is 785 g/mol. The first-order chi connectivity index (χ1) is 29.7. The molecule has 11 aromatic rings. The van der Waals surface area contributed by atoms with Crippen LogP contribution in [0.1, 0.15) is 22.3 Å². The molecular weight excluding hydrogens is 749 g/mol. The van der Waals surface area contributed by atoms with Gasteiger partial charge in [-0.2, -0.15) is 0 Å². The Morgan fingerprint density at radius 2 is 1.03 bits per heavy atom. The number of aromatic nitrogens is 1. The van der Waals surface area contributed by atoms with Crippen molar-refractivity contribution in [2.75, 3.05) is 4.90 Å². The summed E-state index contributed by atoms with van der Waals surface area (Å²) in [6.07, 6.45) is 0. The fourth-order valence-electron chi connectivity index (χ4n) is 9.54. The normalized spacial score (nSPS) is 12.8. The van der Waals surface area contributed by atoms with E-state index in [1.807, 2.05) is 41.7 Å². The summed E-state index contributed by atoms with van der Waals surface area (Å²) in [5.74, 6) is 0.611. The first kappa shape index (κ1) is 34.5. The van der Waals surface area contributed by atoms with E-state index in [4.69, 9.17) is 9.40 Å². The first-order valence-corrected chi connectivity index (χ1v) is 21.2. The van der Waals surface area contributed by atoms with Gasteiger partial charge in [0, 0.05) is 42.8 Å². The van der Waals surface area contributed by atoms with Gasteiger partial charge in [0.2, 0.25) is 5.89 Å². The van der Waals surface area contributed by atoms with Crippen LogP contribution in [-0.2, 0) is 5.41 Å². The zero-order valence-corrected chi connectivity index (χ0v) is 33.3. The summed E-state index contributed by atoms with van der Waals surface area (Å²) in [7, 11) is 0. The highest BCUT2D eigenvalue weighted by Crippen LogP contribution is 2.57. The van der Waals surface area contributed by atoms with Gasteiger partial charge >= 0.3 is 0 Å². The van der Waals surface area contributed by atoms with Crippen LogP contribution in [-0.4, -0.2) is 4.98 Å². The maximum Gasteiger partial charge on any atom is 0.227 e. The van der Waals surface area contributed by atoms with Crippen molar-refractivity contribution in [1.82, 2.24) is 4.98 Å². The maximum absolute atomic E-state index is 6.31. The molecule has 0 saturated heterocycles. The SMILES string of the molecule is c1ccc(-c2nc3cc(N(c4ccc(-c5cccc6c5sc5ccccc56)cc4)c4ccc5c(c4)C(c4ccccc4)(c4ccccc4)c4ccccc4-5)ccc3o2)cc1. The molecule has 0 atom stereocenters. The molecule has 0 fully saturated rings. The van der Waals surface area contributed by atoms with Gasteiger partial charge in [0.15, 0.2) is 5.58 Å². The van der Waals surface area contributed by atoms with Crippen LogP contribution in [0.25, 0.3) is 65.0 Å². The molecular formula is C56H36N2OS. The number of benzene rings is 9. The Labute approximate surface area is 352 Å². The lowest BCUT2D eigenvalue weighted by molar-refractivity contribution is 0.620. The molecule has 0 amide bonds. The van der Waals surface area contributed by atoms with E-state index in [0.29, 0.717) is 5.89 Å². The van der Waals surface area contributed by atoms with Gasteiger partial charge in [-0.15, -0.1) is 11.3 Å². The molecule has 2 heterocycles. The predicted molar refractivity (Wildman–Crippen MR) is 250 cm³/mol. The van der Waals surface area contributed by atoms with Gasteiger partial charge in [-0.3, -0.25) is 0 Å². The van der Waals surface area contributed by atoms with Crippen molar-refractivity contribution in [2.24, 2.45) is 0 Å². The minimum atomic E-state index is -0.524. The molecule has 60 heavy (non-hydrogen) atoms. The number of anilines is 3. The van der Waals surface area contributed by atoms with Crippen molar-refractivity contribution in [3.05, 3.63) is 241 Å². The topological polar surface area (TPSA) is 29.3 Å². The standard InChI is InChI=1S/C56H36N2OS/c1-4-15-38(16-5-1)55-57-51-36-43(32-34-52(51)59-55)58(41-29-27-37(28-30-41)44-23-14-24-48-47-22-11-13-26-53(47)60-54(44)48)42-31-33-46-45-21-10-12-25-49(45)56(50(46)35-42,39-17-6-2-7-18-39)40-19-8-3-9-20-40/h1-36H. The second-order valence-electron chi connectivity index (χ2n) is 15.5. The molecule has 0 saturated carbocycles. The summed E-state index contributed by atoms with van der Waals surface area (Å²) in [5, 5.41) is 2.61. The van der Waals surface area contributed by atoms with E-state index in [1.54, 1.807) is 0 Å². The number of nitrogens with zero attached hydrogens (tertiary/aromatic N) is 2. The molecule has 4 heteroatoms. The highest BCUT2D eigenvalue weighted by atomic mass is 32.1. The molecule has 1 aliphatic rings. The molecule has 2 aromatic heterocycles. The third-order valence-corrected chi connectivity index (χ3v) is 13.4. The minimum Gasteiger partial charge on any atom is -0.436 e. The van der Waals surface area contributed by atoms with E-state index < -0.39 is 5.41 Å². The predicted octanol–water partition coefficient (Wildman–Crippen LogP) is 15.4. The third kappa shape index (κ3) is 5.31. The quantitative estimate of drug-likeness (QED) is 0.161. The average Bonchev–Trinajstić information content (AvgIpc) is 4.01. The van der Waals surface area contributed by atoms with Gasteiger partial charge in [0.1, 0.15) is 5.52 Å². The minimum absolute atomic E-state index is 0.524. The molecule has 282 valence electrons. The Balaban J connectivity index is 1.06. The highest BCUT2D eigenvalue weighted by molar-refractivity contribution is 7.26. The van der Waals surface area contributed by atoms with Crippen molar-refractivity contribution in [2.45, 2.75) is 5.41 Å². The van der Waals surface area contributed by atoms with Crippen LogP contribution in [0.5, 0.6) is 0 Å². The third-order valence-electron chi connectivity index (χ3n) is 12.2. The van der Waals surface area contributed by atoms with Gasteiger partial charge in [-0.25, -0.2) is 4.98 Å². The molecule has 3 nitrogen and oxygen atoms in total. The fraction of sp³-hybridized carbons (Fsp3) is 0.0179. The Hall–Kier alpha value is -7.53. The first-order valence-electron chi connectivity index (χ1n) is 20.4. The Kier molecular flexibility index (Phi) is 7.94. The second kappa shape index (κ2) is 13.8. The van der Waals surface area contributed by atoms with Crippen molar-refractivity contribution in [1.29, 1.82) is 0 Å². The van der Waals surface area contributed by atoms with E-state index in [0.717, 1.165) is 33.7 Å². The summed E-state index contributed by atoms with van der Waals surface area (Å²) < 4.78 is 8.93. The van der Waals surface area contributed by atoms with Crippen LogP contribution < -0.4 is 4.90 Å². The number of hydrogen-bond donors (Lipinski definition) is 0. The molecule has 0 aliphatic heterocycles. The number of thiophene rings is 1. The molecule has 0 spiro atoms. The van der Waals surface area contributed by atoms with Gasteiger partial charge in [-0.1, -0.05) is 158 Å². The summed E-state index contributed by atoms with van der Waals surface area (Å²) in [4.78, 5) is 7.37. The second-order valence-corrected chi connectivity index (χ2v) is 16.5. The van der Waals surface area contributed by atoms with Crippen LogP contribution >= 0.6 is 11.3 Å². The van der Waals surface area contributed by atoms with E-state index in [9.17, 15) is 0 Å². The van der Waals surface area contributed by atoms with Crippen LogP contribution in [0.2, 0.25) is 0 Å². The lowest BCUT2D eigenvalue weighted by atomic mass is 9.67. The smallest absolute Gasteiger partial charge is 0.227 e. The number of fused-ring (bicyclic) bond motifs is 7. The van der Waals surface area contributed by atoms with E-state index in [1.165, 1.54) is 64.7 Å². The van der Waals surface area contributed by atoms with Crippen LogP contribution in [0.15, 0.2) is 223 Å². The summed E-state index contributed by atoms with van der Waals surface area (Å²) in [6, 6.07) is 78.8. The van der Waals surface area contributed by atoms with Crippen LogP contribution in [0.4, 0.5) is 17.1 Å². The number of hydrogen-bond acceptors (Lipinski definition) is 4. The van der Waals surface area contributed by atoms with Crippen molar-refractivity contribution in [3.8, 4) is 33.7 Å². The van der Waals surface area contributed by atoms with Gasteiger partial charge < -0.3 is 9.32 Å². The highest BCUT2D eigenvalue weighted by Gasteiger charge is 2.46. The molecule has 0 radical (unpaired) electrons. The van der Waals surface area contributed by atoms with Crippen molar-refractivity contribution >= 4 is 59.7 Å². The molecule has 0 N–H and O–H groups in total. The Bertz CT molecular complexity index is 3330. The monoisotopic (exact) mass is 784 g/mol. The molecule has 0 unspecified atom stereocenters. The van der Waals surface area contributed by atoms with E-state index >= 15 is 0 Å².